The lowest BCUT2D eigenvalue weighted by Gasteiger charge is -2.27. The molecule has 0 saturated heterocycles. The molecule has 1 aromatic heterocycles. The molecule has 6 nitrogen and oxygen atoms in total. The molecule has 0 saturated carbocycles. The Labute approximate surface area is 142 Å². The van der Waals surface area contributed by atoms with Gasteiger partial charge in [0, 0.05) is 4.90 Å². The normalized spacial score (nSPS) is 16.4. The van der Waals surface area contributed by atoms with Gasteiger partial charge >= 0.3 is 0 Å². The van der Waals surface area contributed by atoms with Crippen molar-refractivity contribution in [2.45, 2.75) is 11.1 Å². The first-order valence-corrected chi connectivity index (χ1v) is 8.65. The van der Waals surface area contributed by atoms with Gasteiger partial charge in [-0.2, -0.15) is 4.98 Å². The van der Waals surface area contributed by atoms with Gasteiger partial charge < -0.3 is 5.73 Å². The maximum Gasteiger partial charge on any atom is 0.282 e. The lowest BCUT2D eigenvalue weighted by molar-refractivity contribution is 0.615. The van der Waals surface area contributed by atoms with Crippen molar-refractivity contribution < 1.29 is 0 Å². The zero-order valence-corrected chi connectivity index (χ0v) is 13.7. The molecule has 3 aromatic rings. The number of nitrogens with one attached hydrogen (secondary N) is 1. The average molecular weight is 337 g/mol. The van der Waals surface area contributed by atoms with Crippen LogP contribution >= 0.6 is 11.8 Å². The van der Waals surface area contributed by atoms with E-state index in [1.54, 1.807) is 17.8 Å². The van der Waals surface area contributed by atoms with E-state index in [4.69, 9.17) is 5.73 Å². The quantitative estimate of drug-likeness (QED) is 0.702. The number of guanidine groups is 1. The number of nitrogens with zero attached hydrogens (tertiary/aromatic N) is 3. The predicted octanol–water partition coefficient (Wildman–Crippen LogP) is 2.41. The summed E-state index contributed by atoms with van der Waals surface area (Å²) >= 11 is 1.68. The highest BCUT2D eigenvalue weighted by molar-refractivity contribution is 7.98. The second kappa shape index (κ2) is 5.68. The first-order chi connectivity index (χ1) is 11.7. The van der Waals surface area contributed by atoms with Crippen LogP contribution in [0.1, 0.15) is 11.7 Å². The van der Waals surface area contributed by atoms with Crippen molar-refractivity contribution in [2.24, 2.45) is 10.7 Å². The van der Waals surface area contributed by atoms with Gasteiger partial charge in [0.05, 0.1) is 10.9 Å². The van der Waals surface area contributed by atoms with E-state index < -0.39 is 0 Å². The largest absolute Gasteiger partial charge is 0.370 e. The number of para-hydroxylation sites is 1. The van der Waals surface area contributed by atoms with Crippen LogP contribution in [0.5, 0.6) is 0 Å². The van der Waals surface area contributed by atoms with E-state index in [1.807, 2.05) is 53.3 Å². The lowest BCUT2D eigenvalue weighted by atomic mass is 10.1. The summed E-state index contributed by atoms with van der Waals surface area (Å²) in [7, 11) is 0. The zero-order valence-electron chi connectivity index (χ0n) is 12.9. The fraction of sp³-hybridized carbons (Fsp3) is 0.118. The molecule has 0 spiro atoms. The molecule has 0 fully saturated rings. The molecular weight excluding hydrogens is 322 g/mol. The predicted molar refractivity (Wildman–Crippen MR) is 97.6 cm³/mol. The van der Waals surface area contributed by atoms with Crippen LogP contribution in [0.2, 0.25) is 0 Å². The number of fused-ring (bicyclic) bond motifs is 3. The van der Waals surface area contributed by atoms with Crippen molar-refractivity contribution in [3.8, 4) is 0 Å². The number of rotatable bonds is 2. The van der Waals surface area contributed by atoms with Gasteiger partial charge in [-0.15, -0.1) is 11.8 Å². The van der Waals surface area contributed by atoms with Crippen LogP contribution in [0.15, 0.2) is 63.2 Å². The molecule has 1 aliphatic rings. The number of aromatic nitrogens is 2. The van der Waals surface area contributed by atoms with E-state index in [1.165, 1.54) is 4.90 Å². The van der Waals surface area contributed by atoms with E-state index in [-0.39, 0.29) is 17.7 Å². The van der Waals surface area contributed by atoms with Crippen LogP contribution in [0.4, 0.5) is 5.95 Å². The molecule has 1 atom stereocenters. The molecule has 2 aromatic carbocycles. The van der Waals surface area contributed by atoms with Gasteiger partial charge in [-0.1, -0.05) is 24.3 Å². The van der Waals surface area contributed by atoms with Gasteiger partial charge in [-0.05, 0) is 36.1 Å². The summed E-state index contributed by atoms with van der Waals surface area (Å²) in [4.78, 5) is 22.1. The summed E-state index contributed by atoms with van der Waals surface area (Å²) in [6, 6.07) is 15.5. The molecular formula is C17H15N5OS. The Morgan fingerprint density at radius 2 is 1.92 bits per heavy atom. The summed E-state index contributed by atoms with van der Waals surface area (Å²) in [5, 5.41) is 3.45. The first kappa shape index (κ1) is 14.8. The third kappa shape index (κ3) is 2.33. The van der Waals surface area contributed by atoms with Gasteiger partial charge in [0.15, 0.2) is 12.1 Å². The van der Waals surface area contributed by atoms with Crippen LogP contribution in [-0.2, 0) is 0 Å². The molecule has 24 heavy (non-hydrogen) atoms. The fourth-order valence-electron chi connectivity index (χ4n) is 2.86. The Balaban J connectivity index is 1.97. The number of nitrogens with two attached hydrogens (primary N) is 1. The second-order valence-electron chi connectivity index (χ2n) is 5.41. The molecule has 2 heterocycles. The van der Waals surface area contributed by atoms with E-state index >= 15 is 0 Å². The zero-order chi connectivity index (χ0) is 16.7. The van der Waals surface area contributed by atoms with Gasteiger partial charge in [0.25, 0.3) is 5.56 Å². The molecule has 0 radical (unpaired) electrons. The van der Waals surface area contributed by atoms with Crippen LogP contribution in [0.25, 0.3) is 10.9 Å². The maximum atomic E-state index is 12.2. The van der Waals surface area contributed by atoms with Crippen LogP contribution in [-0.4, -0.2) is 21.8 Å². The minimum atomic E-state index is -0.366. The molecule has 7 heteroatoms. The van der Waals surface area contributed by atoms with Gasteiger partial charge in [0.1, 0.15) is 0 Å². The molecule has 0 unspecified atom stereocenters. The number of anilines is 1. The minimum Gasteiger partial charge on any atom is -0.370 e. The number of aliphatic imine (C=N–C) groups is 1. The van der Waals surface area contributed by atoms with E-state index in [0.717, 1.165) is 11.1 Å². The Morgan fingerprint density at radius 1 is 1.17 bits per heavy atom. The van der Waals surface area contributed by atoms with Gasteiger partial charge in [-0.25, -0.2) is 4.99 Å². The van der Waals surface area contributed by atoms with Gasteiger partial charge in [0.2, 0.25) is 5.95 Å². The molecule has 0 aliphatic carbocycles. The average Bonchev–Trinajstić information content (AvgIpc) is 2.61. The molecule has 4 rings (SSSR count). The highest BCUT2D eigenvalue weighted by Gasteiger charge is 2.24. The smallest absolute Gasteiger partial charge is 0.282 e. The van der Waals surface area contributed by atoms with E-state index in [0.29, 0.717) is 11.3 Å². The molecule has 3 N–H and O–H groups in total. The molecule has 1 aliphatic heterocycles. The molecule has 0 bridgehead atoms. The molecule has 0 amide bonds. The van der Waals surface area contributed by atoms with Crippen molar-refractivity contribution >= 4 is 34.6 Å². The second-order valence-corrected chi connectivity index (χ2v) is 6.29. The maximum absolute atomic E-state index is 12.2. The Hall–Kier alpha value is -2.80. The van der Waals surface area contributed by atoms with Crippen LogP contribution in [0, 0.1) is 0 Å². The van der Waals surface area contributed by atoms with Gasteiger partial charge in [-0.3, -0.25) is 14.7 Å². The minimum absolute atomic E-state index is 0.246. The van der Waals surface area contributed by atoms with Crippen molar-refractivity contribution in [1.29, 1.82) is 0 Å². The van der Waals surface area contributed by atoms with E-state index in [9.17, 15) is 4.79 Å². The van der Waals surface area contributed by atoms with Crippen molar-refractivity contribution in [1.82, 2.24) is 9.55 Å². The highest BCUT2D eigenvalue weighted by atomic mass is 32.2. The summed E-state index contributed by atoms with van der Waals surface area (Å²) in [5.74, 6) is 0.654. The standard InChI is InChI=1S/C17H15N5OS/c1-24-11-8-6-10(7-9-11)14-19-16(18)21-17-20-15(23)12-4-2-3-5-13(12)22(14)17/h2-9,14H,1H3,(H3,18,19,20,21,23)/t14-/m1/s1. The summed E-state index contributed by atoms with van der Waals surface area (Å²) in [6.07, 6.45) is 1.67. The topological polar surface area (TPSA) is 85.3 Å². The fourth-order valence-corrected chi connectivity index (χ4v) is 3.27. The van der Waals surface area contributed by atoms with Crippen molar-refractivity contribution in [2.75, 3.05) is 11.6 Å². The monoisotopic (exact) mass is 337 g/mol. The first-order valence-electron chi connectivity index (χ1n) is 7.43. The number of thioether (sulfide) groups is 1. The number of hydrogen-bond donors (Lipinski definition) is 2. The Morgan fingerprint density at radius 3 is 2.67 bits per heavy atom. The Bertz CT molecular complexity index is 1010. The number of hydrogen-bond acceptors (Lipinski definition) is 6. The molecule has 120 valence electrons. The lowest BCUT2D eigenvalue weighted by Crippen LogP contribution is -2.34. The Kier molecular flexibility index (Phi) is 3.50. The third-order valence-electron chi connectivity index (χ3n) is 3.99. The highest BCUT2D eigenvalue weighted by Crippen LogP contribution is 2.30. The van der Waals surface area contributed by atoms with Crippen molar-refractivity contribution in [3.63, 3.8) is 0 Å². The van der Waals surface area contributed by atoms with E-state index in [2.05, 4.69) is 15.3 Å². The summed E-state index contributed by atoms with van der Waals surface area (Å²) in [5.41, 5.74) is 7.38. The SMILES string of the molecule is CSc1ccc([C@@H]2N=C(N)Nc3nc(=O)c4ccccc4n32)cc1. The number of benzene rings is 2. The van der Waals surface area contributed by atoms with Crippen molar-refractivity contribution in [3.05, 3.63) is 64.4 Å². The third-order valence-corrected chi connectivity index (χ3v) is 4.73. The van der Waals surface area contributed by atoms with Crippen LogP contribution in [0.3, 0.4) is 0 Å². The van der Waals surface area contributed by atoms with Crippen LogP contribution < -0.4 is 16.6 Å². The summed E-state index contributed by atoms with van der Waals surface area (Å²) in [6.45, 7) is 0. The summed E-state index contributed by atoms with van der Waals surface area (Å²) < 4.78 is 1.90.